The van der Waals surface area contributed by atoms with Crippen LogP contribution in [0, 0.1) is 0 Å². The Morgan fingerprint density at radius 3 is 2.50 bits per heavy atom. The zero-order chi connectivity index (χ0) is 16.9. The molecule has 24 heavy (non-hydrogen) atoms. The number of nitrogens with zero attached hydrogens (tertiary/aromatic N) is 2. The maximum atomic E-state index is 12.6. The summed E-state index contributed by atoms with van der Waals surface area (Å²) in [4.78, 5) is 18.4. The van der Waals surface area contributed by atoms with Crippen LogP contribution in [0.3, 0.4) is 0 Å². The summed E-state index contributed by atoms with van der Waals surface area (Å²) in [5, 5.41) is 3.29. The quantitative estimate of drug-likeness (QED) is 0.701. The summed E-state index contributed by atoms with van der Waals surface area (Å²) in [6.45, 7) is 0. The Morgan fingerprint density at radius 2 is 1.75 bits per heavy atom. The second-order valence-electron chi connectivity index (χ2n) is 5.23. The van der Waals surface area contributed by atoms with Gasteiger partial charge in [0.15, 0.2) is 0 Å². The molecule has 3 aromatic rings. The van der Waals surface area contributed by atoms with Crippen LogP contribution in [0.4, 0.5) is 17.1 Å². The smallest absolute Gasteiger partial charge is 0.276 e. The lowest BCUT2D eigenvalue weighted by Crippen LogP contribution is -2.27. The molecule has 3 rings (SSSR count). The highest BCUT2D eigenvalue weighted by Crippen LogP contribution is 2.25. The van der Waals surface area contributed by atoms with Gasteiger partial charge in [-0.3, -0.25) is 9.78 Å². The third-order valence-corrected chi connectivity index (χ3v) is 4.27. The van der Waals surface area contributed by atoms with Gasteiger partial charge in [-0.15, -0.1) is 0 Å². The molecule has 1 aromatic heterocycles. The number of amides is 1. The van der Waals surface area contributed by atoms with Crippen molar-refractivity contribution in [3.8, 4) is 0 Å². The maximum Gasteiger partial charge on any atom is 0.276 e. The minimum atomic E-state index is -0.156. The van der Waals surface area contributed by atoms with Crippen LogP contribution in [0.25, 0.3) is 0 Å². The number of carbonyl (C=O) groups excluding carboxylic acids is 1. The van der Waals surface area contributed by atoms with Gasteiger partial charge in [0.05, 0.1) is 5.69 Å². The third-order valence-electron chi connectivity index (χ3n) is 3.58. The van der Waals surface area contributed by atoms with Crippen molar-refractivity contribution >= 4 is 38.9 Å². The Labute approximate surface area is 149 Å². The molecule has 0 unspecified atom stereocenters. The number of aromatic nitrogens is 1. The van der Waals surface area contributed by atoms with Crippen molar-refractivity contribution < 1.29 is 4.79 Å². The van der Waals surface area contributed by atoms with Crippen LogP contribution in [-0.4, -0.2) is 17.9 Å². The van der Waals surface area contributed by atoms with Crippen LogP contribution in [0.2, 0.25) is 0 Å². The van der Waals surface area contributed by atoms with Gasteiger partial charge in [0, 0.05) is 29.1 Å². The highest BCUT2D eigenvalue weighted by atomic mass is 79.9. The largest absolute Gasteiger partial charge is 0.354 e. The van der Waals surface area contributed by atoms with E-state index in [1.165, 1.54) is 0 Å². The van der Waals surface area contributed by atoms with Gasteiger partial charge in [0.25, 0.3) is 5.91 Å². The first-order valence-electron chi connectivity index (χ1n) is 7.46. The topological polar surface area (TPSA) is 45.2 Å². The second-order valence-corrected chi connectivity index (χ2v) is 6.09. The molecule has 4 nitrogen and oxygen atoms in total. The molecule has 0 aliphatic rings. The summed E-state index contributed by atoms with van der Waals surface area (Å²) in [6.07, 6.45) is 1.63. The normalized spacial score (nSPS) is 10.2. The molecular formula is C19H16BrN3O. The monoisotopic (exact) mass is 381 g/mol. The minimum absolute atomic E-state index is 0.156. The highest BCUT2D eigenvalue weighted by Gasteiger charge is 2.15. The van der Waals surface area contributed by atoms with Crippen LogP contribution in [0.5, 0.6) is 0 Å². The van der Waals surface area contributed by atoms with E-state index < -0.39 is 0 Å². The molecule has 0 radical (unpaired) electrons. The van der Waals surface area contributed by atoms with E-state index in [1.807, 2.05) is 60.7 Å². The van der Waals surface area contributed by atoms with Gasteiger partial charge in [-0.1, -0.05) is 30.3 Å². The number of hydrogen-bond acceptors (Lipinski definition) is 3. The first-order valence-corrected chi connectivity index (χ1v) is 8.25. The van der Waals surface area contributed by atoms with Crippen LogP contribution < -0.4 is 10.2 Å². The second kappa shape index (κ2) is 7.27. The molecule has 5 heteroatoms. The van der Waals surface area contributed by atoms with Crippen LogP contribution in [0.15, 0.2) is 77.4 Å². The van der Waals surface area contributed by atoms with E-state index >= 15 is 0 Å². The summed E-state index contributed by atoms with van der Waals surface area (Å²) in [7, 11) is 1.74. The Balaban J connectivity index is 1.82. The predicted molar refractivity (Wildman–Crippen MR) is 101 cm³/mol. The maximum absolute atomic E-state index is 12.6. The number of para-hydroxylation sites is 2. The van der Waals surface area contributed by atoms with Crippen molar-refractivity contribution in [2.45, 2.75) is 0 Å². The molecule has 0 saturated carbocycles. The SMILES string of the molecule is CN(C(=O)c1cc(Nc2ccccc2Br)ccn1)c1ccccc1. The fourth-order valence-electron chi connectivity index (χ4n) is 2.28. The molecule has 0 aliphatic carbocycles. The molecule has 0 fully saturated rings. The lowest BCUT2D eigenvalue weighted by atomic mass is 10.2. The number of pyridine rings is 1. The highest BCUT2D eigenvalue weighted by molar-refractivity contribution is 9.10. The molecule has 0 atom stereocenters. The third kappa shape index (κ3) is 3.63. The van der Waals surface area contributed by atoms with Crippen LogP contribution in [0.1, 0.15) is 10.5 Å². The number of halogens is 1. The summed E-state index contributed by atoms with van der Waals surface area (Å²) in [5.74, 6) is -0.156. The number of nitrogens with one attached hydrogen (secondary N) is 1. The number of benzene rings is 2. The van der Waals surface area contributed by atoms with E-state index in [0.29, 0.717) is 5.69 Å². The van der Waals surface area contributed by atoms with E-state index in [4.69, 9.17) is 0 Å². The fourth-order valence-corrected chi connectivity index (χ4v) is 2.67. The van der Waals surface area contributed by atoms with Gasteiger partial charge in [0.2, 0.25) is 0 Å². The average molecular weight is 382 g/mol. The van der Waals surface area contributed by atoms with E-state index in [2.05, 4.69) is 26.2 Å². The number of hydrogen-bond donors (Lipinski definition) is 1. The molecule has 0 aliphatic heterocycles. The molecule has 2 aromatic carbocycles. The molecule has 0 spiro atoms. The summed E-state index contributed by atoms with van der Waals surface area (Å²) >= 11 is 3.50. The molecule has 1 amide bonds. The van der Waals surface area contributed by atoms with E-state index in [9.17, 15) is 4.79 Å². The molecule has 0 saturated heterocycles. The Hall–Kier alpha value is -2.66. The molecule has 120 valence electrons. The lowest BCUT2D eigenvalue weighted by molar-refractivity contribution is 0.0988. The molecule has 1 heterocycles. The Bertz CT molecular complexity index is 852. The van der Waals surface area contributed by atoms with E-state index in [1.54, 1.807) is 24.2 Å². The van der Waals surface area contributed by atoms with Gasteiger partial charge in [-0.05, 0) is 52.3 Å². The van der Waals surface area contributed by atoms with Crippen molar-refractivity contribution in [2.24, 2.45) is 0 Å². The van der Waals surface area contributed by atoms with Crippen LogP contribution in [-0.2, 0) is 0 Å². The van der Waals surface area contributed by atoms with E-state index in [0.717, 1.165) is 21.5 Å². The minimum Gasteiger partial charge on any atom is -0.354 e. The van der Waals surface area contributed by atoms with Crippen molar-refractivity contribution in [1.29, 1.82) is 0 Å². The first-order chi connectivity index (χ1) is 11.6. The number of carbonyl (C=O) groups is 1. The van der Waals surface area contributed by atoms with Crippen molar-refractivity contribution in [3.63, 3.8) is 0 Å². The summed E-state index contributed by atoms with van der Waals surface area (Å²) in [5.41, 5.74) is 2.95. The number of anilines is 3. The van der Waals surface area contributed by atoms with Gasteiger partial charge in [0.1, 0.15) is 5.69 Å². The summed E-state index contributed by atoms with van der Waals surface area (Å²) in [6, 6.07) is 20.9. The van der Waals surface area contributed by atoms with Gasteiger partial charge in [-0.2, -0.15) is 0 Å². The fraction of sp³-hybridized carbons (Fsp3) is 0.0526. The first kappa shape index (κ1) is 16.2. The van der Waals surface area contributed by atoms with Crippen molar-refractivity contribution in [2.75, 3.05) is 17.3 Å². The predicted octanol–water partition coefficient (Wildman–Crippen LogP) is 4.86. The van der Waals surface area contributed by atoms with E-state index in [-0.39, 0.29) is 5.91 Å². The molecule has 0 bridgehead atoms. The van der Waals surface area contributed by atoms with Crippen molar-refractivity contribution in [1.82, 2.24) is 4.98 Å². The van der Waals surface area contributed by atoms with Crippen LogP contribution >= 0.6 is 15.9 Å². The molecular weight excluding hydrogens is 366 g/mol. The zero-order valence-corrected chi connectivity index (χ0v) is 14.7. The standard InChI is InChI=1S/C19H16BrN3O/c1-23(15-7-3-2-4-8-15)19(24)18-13-14(11-12-21-18)22-17-10-6-5-9-16(17)20/h2-13H,1H3,(H,21,22). The van der Waals surface area contributed by atoms with Crippen molar-refractivity contribution in [3.05, 3.63) is 83.1 Å². The van der Waals surface area contributed by atoms with Gasteiger partial charge < -0.3 is 10.2 Å². The summed E-state index contributed by atoms with van der Waals surface area (Å²) < 4.78 is 0.955. The zero-order valence-electron chi connectivity index (χ0n) is 13.1. The van der Waals surface area contributed by atoms with Gasteiger partial charge >= 0.3 is 0 Å². The lowest BCUT2D eigenvalue weighted by Gasteiger charge is -2.17. The van der Waals surface area contributed by atoms with Gasteiger partial charge in [-0.25, -0.2) is 0 Å². The Morgan fingerprint density at radius 1 is 1.04 bits per heavy atom. The average Bonchev–Trinajstić information content (AvgIpc) is 2.63. The number of rotatable bonds is 4. The Kier molecular flexibility index (Phi) is 4.91. The molecule has 1 N–H and O–H groups in total.